The van der Waals surface area contributed by atoms with Crippen molar-refractivity contribution in [3.8, 4) is 11.6 Å². The molecule has 1 saturated heterocycles. The summed E-state index contributed by atoms with van der Waals surface area (Å²) in [6.45, 7) is 4.35. The topological polar surface area (TPSA) is 58.6 Å². The van der Waals surface area contributed by atoms with Crippen LogP contribution in [-0.2, 0) is 13.0 Å². The van der Waals surface area contributed by atoms with Crippen LogP contribution in [0, 0.1) is 18.6 Å². The predicted molar refractivity (Wildman–Crippen MR) is 124 cm³/mol. The first-order valence-electron chi connectivity index (χ1n) is 11.6. The van der Waals surface area contributed by atoms with Crippen molar-refractivity contribution in [2.24, 2.45) is 0 Å². The molecule has 0 saturated carbocycles. The van der Waals surface area contributed by atoms with Crippen LogP contribution in [0.2, 0.25) is 0 Å². The molecular weight excluding hydrogens is 438 g/mol. The maximum absolute atomic E-state index is 14.3. The number of amides is 1. The van der Waals surface area contributed by atoms with E-state index in [0.29, 0.717) is 36.1 Å². The second-order valence-corrected chi connectivity index (χ2v) is 8.82. The molecule has 34 heavy (non-hydrogen) atoms. The van der Waals surface area contributed by atoms with Crippen LogP contribution in [0.25, 0.3) is 0 Å². The van der Waals surface area contributed by atoms with E-state index in [1.807, 2.05) is 31.2 Å². The molecule has 0 unspecified atom stereocenters. The monoisotopic (exact) mass is 464 g/mol. The number of fused-ring (bicyclic) bond motifs is 1. The molecule has 0 radical (unpaired) electrons. The standard InChI is InChI=1S/C26H26F2N4O2/c1-17-6-5-7-19(14-17)34-24-21-16-32(25(33)20-9-8-18(27)15-22(20)28)13-10-23(21)29-26(30-24)31-11-3-2-4-12-31/h5-9,14-15H,2-4,10-13,16H2,1H3. The van der Waals surface area contributed by atoms with E-state index >= 15 is 0 Å². The lowest BCUT2D eigenvalue weighted by molar-refractivity contribution is 0.0727. The van der Waals surface area contributed by atoms with E-state index in [1.165, 1.54) is 17.4 Å². The lowest BCUT2D eigenvalue weighted by Gasteiger charge is -2.32. The molecule has 6 nitrogen and oxygen atoms in total. The van der Waals surface area contributed by atoms with E-state index in [0.717, 1.165) is 49.3 Å². The molecule has 176 valence electrons. The molecule has 2 aliphatic heterocycles. The van der Waals surface area contributed by atoms with Gasteiger partial charge in [0.15, 0.2) is 0 Å². The first-order valence-corrected chi connectivity index (χ1v) is 11.6. The predicted octanol–water partition coefficient (Wildman–Crippen LogP) is 5.04. The second kappa shape index (κ2) is 9.37. The SMILES string of the molecule is Cc1cccc(Oc2nc(N3CCCCC3)nc3c2CN(C(=O)c2ccc(F)cc2F)CC3)c1. The van der Waals surface area contributed by atoms with Gasteiger partial charge in [0.1, 0.15) is 17.4 Å². The summed E-state index contributed by atoms with van der Waals surface area (Å²) in [5, 5.41) is 0. The smallest absolute Gasteiger partial charge is 0.257 e. The van der Waals surface area contributed by atoms with Crippen molar-refractivity contribution in [1.29, 1.82) is 0 Å². The Hall–Kier alpha value is -3.55. The quantitative estimate of drug-likeness (QED) is 0.541. The minimum atomic E-state index is -0.872. The van der Waals surface area contributed by atoms with Gasteiger partial charge < -0.3 is 14.5 Å². The molecule has 0 bridgehead atoms. The Morgan fingerprint density at radius 1 is 1.00 bits per heavy atom. The lowest BCUT2D eigenvalue weighted by Crippen LogP contribution is -2.38. The molecule has 2 aliphatic rings. The van der Waals surface area contributed by atoms with E-state index in [9.17, 15) is 13.6 Å². The molecule has 0 N–H and O–H groups in total. The number of halogens is 2. The number of anilines is 1. The summed E-state index contributed by atoms with van der Waals surface area (Å²) in [5.74, 6) is -0.378. The summed E-state index contributed by atoms with van der Waals surface area (Å²) in [5.41, 5.74) is 2.45. The van der Waals surface area contributed by atoms with Crippen LogP contribution in [0.1, 0.15) is 46.4 Å². The summed E-state index contributed by atoms with van der Waals surface area (Å²) in [6, 6.07) is 10.7. The fraction of sp³-hybridized carbons (Fsp3) is 0.346. The van der Waals surface area contributed by atoms with Crippen LogP contribution in [0.4, 0.5) is 14.7 Å². The highest BCUT2D eigenvalue weighted by Gasteiger charge is 2.29. The van der Waals surface area contributed by atoms with Crippen molar-refractivity contribution < 1.29 is 18.3 Å². The molecule has 8 heteroatoms. The van der Waals surface area contributed by atoms with Gasteiger partial charge in [-0.3, -0.25) is 4.79 Å². The minimum Gasteiger partial charge on any atom is -0.438 e. The van der Waals surface area contributed by atoms with Crippen LogP contribution >= 0.6 is 0 Å². The van der Waals surface area contributed by atoms with Gasteiger partial charge in [0, 0.05) is 32.1 Å². The number of carbonyl (C=O) groups is 1. The van der Waals surface area contributed by atoms with Gasteiger partial charge in [0.25, 0.3) is 5.91 Å². The highest BCUT2D eigenvalue weighted by atomic mass is 19.1. The van der Waals surface area contributed by atoms with Crippen molar-refractivity contribution in [1.82, 2.24) is 14.9 Å². The Morgan fingerprint density at radius 2 is 1.82 bits per heavy atom. The summed E-state index contributed by atoms with van der Waals surface area (Å²) in [4.78, 5) is 26.3. The fourth-order valence-corrected chi connectivity index (χ4v) is 4.49. The van der Waals surface area contributed by atoms with Crippen molar-refractivity contribution >= 4 is 11.9 Å². The number of nitrogens with zero attached hydrogens (tertiary/aromatic N) is 4. The van der Waals surface area contributed by atoms with Crippen LogP contribution in [-0.4, -0.2) is 40.4 Å². The van der Waals surface area contributed by atoms with Gasteiger partial charge in [0.2, 0.25) is 11.8 Å². The number of aromatic nitrogens is 2. The van der Waals surface area contributed by atoms with Crippen molar-refractivity contribution in [3.05, 3.63) is 76.5 Å². The molecule has 2 aromatic carbocycles. The van der Waals surface area contributed by atoms with Gasteiger partial charge in [-0.1, -0.05) is 12.1 Å². The number of carbonyl (C=O) groups excluding carboxylic acids is 1. The Kier molecular flexibility index (Phi) is 6.13. The van der Waals surface area contributed by atoms with Gasteiger partial charge in [-0.25, -0.2) is 13.8 Å². The zero-order chi connectivity index (χ0) is 23.7. The Balaban J connectivity index is 1.49. The van der Waals surface area contributed by atoms with Crippen LogP contribution < -0.4 is 9.64 Å². The highest BCUT2D eigenvalue weighted by Crippen LogP contribution is 2.33. The second-order valence-electron chi connectivity index (χ2n) is 8.82. The summed E-state index contributed by atoms with van der Waals surface area (Å²) < 4.78 is 33.8. The van der Waals surface area contributed by atoms with Gasteiger partial charge >= 0.3 is 0 Å². The Morgan fingerprint density at radius 3 is 2.59 bits per heavy atom. The van der Waals surface area contributed by atoms with Gasteiger partial charge in [-0.05, 0) is 56.0 Å². The molecule has 1 fully saturated rings. The maximum Gasteiger partial charge on any atom is 0.257 e. The number of benzene rings is 2. The molecule has 0 atom stereocenters. The molecule has 3 heterocycles. The number of hydrogen-bond donors (Lipinski definition) is 0. The molecule has 1 amide bonds. The van der Waals surface area contributed by atoms with Crippen LogP contribution in [0.15, 0.2) is 42.5 Å². The minimum absolute atomic E-state index is 0.156. The van der Waals surface area contributed by atoms with E-state index in [2.05, 4.69) is 4.90 Å². The zero-order valence-corrected chi connectivity index (χ0v) is 19.1. The average molecular weight is 465 g/mol. The highest BCUT2D eigenvalue weighted by molar-refractivity contribution is 5.94. The fourth-order valence-electron chi connectivity index (χ4n) is 4.49. The van der Waals surface area contributed by atoms with Crippen molar-refractivity contribution in [2.45, 2.75) is 39.2 Å². The number of hydrogen-bond acceptors (Lipinski definition) is 5. The Labute approximate surface area is 197 Å². The van der Waals surface area contributed by atoms with Gasteiger partial charge in [-0.2, -0.15) is 4.98 Å². The normalized spacial score (nSPS) is 15.7. The number of piperidine rings is 1. The average Bonchev–Trinajstić information content (AvgIpc) is 2.84. The third kappa shape index (κ3) is 4.58. The summed E-state index contributed by atoms with van der Waals surface area (Å²) in [6.07, 6.45) is 3.89. The third-order valence-corrected chi connectivity index (χ3v) is 6.30. The largest absolute Gasteiger partial charge is 0.438 e. The van der Waals surface area contributed by atoms with E-state index in [1.54, 1.807) is 0 Å². The molecule has 1 aromatic heterocycles. The molecule has 5 rings (SSSR count). The van der Waals surface area contributed by atoms with E-state index in [4.69, 9.17) is 14.7 Å². The van der Waals surface area contributed by atoms with Crippen molar-refractivity contribution in [3.63, 3.8) is 0 Å². The summed E-state index contributed by atoms with van der Waals surface area (Å²) >= 11 is 0. The number of rotatable bonds is 4. The van der Waals surface area contributed by atoms with E-state index < -0.39 is 17.5 Å². The van der Waals surface area contributed by atoms with Gasteiger partial charge in [0.05, 0.1) is 23.4 Å². The summed E-state index contributed by atoms with van der Waals surface area (Å²) in [7, 11) is 0. The first-order chi connectivity index (χ1) is 16.5. The third-order valence-electron chi connectivity index (χ3n) is 6.30. The van der Waals surface area contributed by atoms with Crippen molar-refractivity contribution in [2.75, 3.05) is 24.5 Å². The molecular formula is C26H26F2N4O2. The van der Waals surface area contributed by atoms with Crippen LogP contribution in [0.5, 0.6) is 11.6 Å². The van der Waals surface area contributed by atoms with Gasteiger partial charge in [-0.15, -0.1) is 0 Å². The molecule has 3 aromatic rings. The zero-order valence-electron chi connectivity index (χ0n) is 19.1. The molecule has 0 aliphatic carbocycles. The Bertz CT molecular complexity index is 1230. The van der Waals surface area contributed by atoms with E-state index in [-0.39, 0.29) is 12.1 Å². The lowest BCUT2D eigenvalue weighted by atomic mass is 10.0. The maximum atomic E-state index is 14.3. The number of aryl methyl sites for hydroxylation is 1. The van der Waals surface area contributed by atoms with Crippen LogP contribution in [0.3, 0.4) is 0 Å². The number of ether oxygens (including phenoxy) is 1. The molecule has 0 spiro atoms. The first kappa shape index (κ1) is 22.3.